The van der Waals surface area contributed by atoms with Crippen LogP contribution in [-0.2, 0) is 16.1 Å². The molecule has 1 amide bonds. The predicted molar refractivity (Wildman–Crippen MR) is 60.9 cm³/mol. The zero-order valence-corrected chi connectivity index (χ0v) is 9.85. The van der Waals surface area contributed by atoms with E-state index in [1.807, 2.05) is 10.8 Å². The van der Waals surface area contributed by atoms with E-state index < -0.39 is 0 Å². The van der Waals surface area contributed by atoms with Gasteiger partial charge < -0.3 is 14.6 Å². The van der Waals surface area contributed by atoms with Crippen molar-refractivity contribution in [2.75, 3.05) is 13.7 Å². The summed E-state index contributed by atoms with van der Waals surface area (Å²) >= 11 is 0. The molecule has 90 valence electrons. The van der Waals surface area contributed by atoms with Crippen molar-refractivity contribution < 1.29 is 9.53 Å². The van der Waals surface area contributed by atoms with Gasteiger partial charge in [-0.05, 0) is 19.8 Å². The lowest BCUT2D eigenvalue weighted by atomic mass is 10.3. The van der Waals surface area contributed by atoms with Crippen molar-refractivity contribution in [3.8, 4) is 0 Å². The Kier molecular flexibility index (Phi) is 5.56. The molecule has 1 N–H and O–H groups in total. The summed E-state index contributed by atoms with van der Waals surface area (Å²) in [5, 5.41) is 2.82. The number of ether oxygens (including phenoxy) is 1. The smallest absolute Gasteiger partial charge is 0.248 e. The first kappa shape index (κ1) is 12.7. The van der Waals surface area contributed by atoms with Crippen LogP contribution in [0.1, 0.15) is 19.8 Å². The Morgan fingerprint density at radius 1 is 1.56 bits per heavy atom. The molecule has 16 heavy (non-hydrogen) atoms. The summed E-state index contributed by atoms with van der Waals surface area (Å²) in [6, 6.07) is 0. The summed E-state index contributed by atoms with van der Waals surface area (Å²) in [6.07, 6.45) is 7.12. The van der Waals surface area contributed by atoms with Gasteiger partial charge in [0.2, 0.25) is 5.91 Å². The number of aromatic nitrogens is 2. The zero-order chi connectivity index (χ0) is 11.8. The van der Waals surface area contributed by atoms with Crippen molar-refractivity contribution in [1.29, 1.82) is 0 Å². The number of imidazole rings is 1. The number of rotatable bonds is 7. The summed E-state index contributed by atoms with van der Waals surface area (Å²) in [4.78, 5) is 15.3. The number of amides is 1. The Hall–Kier alpha value is -1.36. The molecule has 0 aliphatic heterocycles. The van der Waals surface area contributed by atoms with Crippen molar-refractivity contribution in [2.24, 2.45) is 0 Å². The maximum Gasteiger partial charge on any atom is 0.248 e. The van der Waals surface area contributed by atoms with E-state index in [1.54, 1.807) is 19.4 Å². The van der Waals surface area contributed by atoms with Gasteiger partial charge in [0.15, 0.2) is 0 Å². The first-order chi connectivity index (χ1) is 7.74. The second-order valence-corrected chi connectivity index (χ2v) is 3.68. The highest BCUT2D eigenvalue weighted by Crippen LogP contribution is 1.94. The number of methoxy groups -OCH3 is 1. The van der Waals surface area contributed by atoms with Gasteiger partial charge in [0.05, 0.1) is 6.33 Å². The Labute approximate surface area is 95.8 Å². The molecule has 0 aliphatic carbocycles. The van der Waals surface area contributed by atoms with Crippen molar-refractivity contribution in [1.82, 2.24) is 14.9 Å². The molecular formula is C11H19N3O2. The minimum Gasteiger partial charge on any atom is -0.372 e. The number of hydrogen-bond acceptors (Lipinski definition) is 3. The lowest BCUT2D eigenvalue weighted by molar-refractivity contribution is -0.130. The molecule has 1 unspecified atom stereocenters. The SMILES string of the molecule is COC(C)C(=O)NCCCCn1ccnc1. The number of carbonyl (C=O) groups is 1. The van der Waals surface area contributed by atoms with Crippen molar-refractivity contribution in [2.45, 2.75) is 32.4 Å². The van der Waals surface area contributed by atoms with Gasteiger partial charge in [0.1, 0.15) is 6.10 Å². The van der Waals surface area contributed by atoms with Crippen molar-refractivity contribution >= 4 is 5.91 Å². The average Bonchev–Trinajstić information content (AvgIpc) is 2.80. The van der Waals surface area contributed by atoms with Crippen LogP contribution in [0, 0.1) is 0 Å². The Morgan fingerprint density at radius 3 is 3.00 bits per heavy atom. The first-order valence-corrected chi connectivity index (χ1v) is 5.50. The van der Waals surface area contributed by atoms with Gasteiger partial charge >= 0.3 is 0 Å². The highest BCUT2D eigenvalue weighted by molar-refractivity contribution is 5.80. The number of unbranched alkanes of at least 4 members (excludes halogenated alkanes) is 1. The van der Waals surface area contributed by atoms with Crippen LogP contribution < -0.4 is 5.32 Å². The van der Waals surface area contributed by atoms with Crippen LogP contribution in [0.5, 0.6) is 0 Å². The van der Waals surface area contributed by atoms with Crippen LogP contribution in [0.3, 0.4) is 0 Å². The zero-order valence-electron chi connectivity index (χ0n) is 9.85. The minimum absolute atomic E-state index is 0.0508. The fraction of sp³-hybridized carbons (Fsp3) is 0.636. The van der Waals surface area contributed by atoms with Crippen molar-refractivity contribution in [3.63, 3.8) is 0 Å². The molecule has 1 heterocycles. The topological polar surface area (TPSA) is 56.1 Å². The van der Waals surface area contributed by atoms with Gasteiger partial charge in [0.25, 0.3) is 0 Å². The van der Waals surface area contributed by atoms with Gasteiger partial charge in [0, 0.05) is 32.6 Å². The molecular weight excluding hydrogens is 206 g/mol. The molecule has 0 aromatic carbocycles. The second-order valence-electron chi connectivity index (χ2n) is 3.68. The minimum atomic E-state index is -0.367. The van der Waals surface area contributed by atoms with E-state index in [-0.39, 0.29) is 12.0 Å². The number of nitrogens with zero attached hydrogens (tertiary/aromatic N) is 2. The number of aryl methyl sites for hydroxylation is 1. The standard InChI is InChI=1S/C11H19N3O2/c1-10(16-2)11(15)13-5-3-4-7-14-8-6-12-9-14/h6,8-10H,3-5,7H2,1-2H3,(H,13,15). The van der Waals surface area contributed by atoms with Gasteiger partial charge in [-0.2, -0.15) is 0 Å². The first-order valence-electron chi connectivity index (χ1n) is 5.50. The lowest BCUT2D eigenvalue weighted by Gasteiger charge is -2.10. The third kappa shape index (κ3) is 4.44. The van der Waals surface area contributed by atoms with Gasteiger partial charge in [-0.3, -0.25) is 4.79 Å². The summed E-state index contributed by atoms with van der Waals surface area (Å²) in [5.41, 5.74) is 0. The van der Waals surface area contributed by atoms with Crippen LogP contribution in [0.2, 0.25) is 0 Å². The molecule has 1 rings (SSSR count). The Bertz CT molecular complexity index is 298. The molecule has 0 spiro atoms. The van der Waals surface area contributed by atoms with E-state index in [0.717, 1.165) is 19.4 Å². The molecule has 0 saturated carbocycles. The van der Waals surface area contributed by atoms with Crippen molar-refractivity contribution in [3.05, 3.63) is 18.7 Å². The molecule has 0 saturated heterocycles. The van der Waals surface area contributed by atoms with Crippen LogP contribution in [-0.4, -0.2) is 35.2 Å². The molecule has 1 atom stereocenters. The Balaban J connectivity index is 2.02. The third-order valence-corrected chi connectivity index (χ3v) is 2.42. The van der Waals surface area contributed by atoms with Crippen LogP contribution in [0.4, 0.5) is 0 Å². The predicted octanol–water partition coefficient (Wildman–Crippen LogP) is 0.814. The monoisotopic (exact) mass is 225 g/mol. The molecule has 0 fully saturated rings. The van der Waals surface area contributed by atoms with E-state index in [4.69, 9.17) is 4.74 Å². The van der Waals surface area contributed by atoms with Gasteiger partial charge in [-0.1, -0.05) is 0 Å². The summed E-state index contributed by atoms with van der Waals surface area (Å²) in [6.45, 7) is 3.37. The van der Waals surface area contributed by atoms with Crippen LogP contribution in [0.15, 0.2) is 18.7 Å². The molecule has 0 aliphatic rings. The molecule has 1 aromatic heterocycles. The summed E-state index contributed by atoms with van der Waals surface area (Å²) in [5.74, 6) is -0.0508. The summed E-state index contributed by atoms with van der Waals surface area (Å²) in [7, 11) is 1.53. The molecule has 5 nitrogen and oxygen atoms in total. The van der Waals surface area contributed by atoms with E-state index in [9.17, 15) is 4.79 Å². The van der Waals surface area contributed by atoms with E-state index in [0.29, 0.717) is 6.54 Å². The maximum atomic E-state index is 11.3. The number of nitrogens with one attached hydrogen (secondary N) is 1. The molecule has 5 heteroatoms. The fourth-order valence-electron chi connectivity index (χ4n) is 1.30. The molecule has 1 aromatic rings. The van der Waals surface area contributed by atoms with Gasteiger partial charge in [-0.25, -0.2) is 4.98 Å². The molecule has 0 radical (unpaired) electrons. The summed E-state index contributed by atoms with van der Waals surface area (Å²) < 4.78 is 6.93. The highest BCUT2D eigenvalue weighted by atomic mass is 16.5. The average molecular weight is 225 g/mol. The largest absolute Gasteiger partial charge is 0.372 e. The van der Waals surface area contributed by atoms with Crippen LogP contribution >= 0.6 is 0 Å². The number of hydrogen-bond donors (Lipinski definition) is 1. The highest BCUT2D eigenvalue weighted by Gasteiger charge is 2.09. The van der Waals surface area contributed by atoms with Gasteiger partial charge in [-0.15, -0.1) is 0 Å². The second kappa shape index (κ2) is 7.00. The van der Waals surface area contributed by atoms with Crippen LogP contribution in [0.25, 0.3) is 0 Å². The van der Waals surface area contributed by atoms with E-state index in [2.05, 4.69) is 10.3 Å². The third-order valence-electron chi connectivity index (χ3n) is 2.42. The molecule has 0 bridgehead atoms. The number of carbonyl (C=O) groups excluding carboxylic acids is 1. The van der Waals surface area contributed by atoms with E-state index >= 15 is 0 Å². The Morgan fingerprint density at radius 2 is 2.38 bits per heavy atom. The van der Waals surface area contributed by atoms with E-state index in [1.165, 1.54) is 7.11 Å². The fourth-order valence-corrected chi connectivity index (χ4v) is 1.30. The lowest BCUT2D eigenvalue weighted by Crippen LogP contribution is -2.34. The quantitative estimate of drug-likeness (QED) is 0.699. The normalized spacial score (nSPS) is 12.4. The maximum absolute atomic E-state index is 11.3.